The first kappa shape index (κ1) is 12.7. The summed E-state index contributed by atoms with van der Waals surface area (Å²) in [6.07, 6.45) is 2.71. The topological polar surface area (TPSA) is 29.4 Å². The number of isocyanates is 1. The Bertz CT molecular complexity index is 384. The maximum absolute atomic E-state index is 10.3. The second kappa shape index (κ2) is 5.09. The molecule has 16 heavy (non-hydrogen) atoms. The molecular formula is C14H19NO. The quantitative estimate of drug-likeness (QED) is 0.561. The summed E-state index contributed by atoms with van der Waals surface area (Å²) < 4.78 is 0. The lowest BCUT2D eigenvalue weighted by Crippen LogP contribution is -2.13. The molecule has 0 spiro atoms. The zero-order chi connectivity index (χ0) is 12.2. The van der Waals surface area contributed by atoms with Gasteiger partial charge < -0.3 is 0 Å². The van der Waals surface area contributed by atoms with Crippen LogP contribution >= 0.6 is 0 Å². The van der Waals surface area contributed by atoms with Crippen LogP contribution in [0.25, 0.3) is 0 Å². The number of carbonyl (C=O) groups excluding carboxylic acids is 1. The van der Waals surface area contributed by atoms with Crippen molar-refractivity contribution in [3.8, 4) is 0 Å². The van der Waals surface area contributed by atoms with Gasteiger partial charge in [-0.1, -0.05) is 38.1 Å². The van der Waals surface area contributed by atoms with Crippen LogP contribution in [-0.2, 0) is 16.8 Å². The third-order valence-corrected chi connectivity index (χ3v) is 2.63. The van der Waals surface area contributed by atoms with E-state index < -0.39 is 5.54 Å². The van der Waals surface area contributed by atoms with Gasteiger partial charge in [0.1, 0.15) is 0 Å². The van der Waals surface area contributed by atoms with E-state index in [0.717, 1.165) is 12.0 Å². The molecule has 2 nitrogen and oxygen atoms in total. The normalized spacial score (nSPS) is 11.3. The van der Waals surface area contributed by atoms with Crippen LogP contribution in [0.4, 0.5) is 0 Å². The number of hydrogen-bond acceptors (Lipinski definition) is 2. The first-order valence-corrected chi connectivity index (χ1v) is 5.64. The van der Waals surface area contributed by atoms with E-state index in [0.29, 0.717) is 5.92 Å². The molecule has 0 aliphatic carbocycles. The van der Waals surface area contributed by atoms with Gasteiger partial charge in [-0.25, -0.2) is 4.79 Å². The molecule has 0 atom stereocenters. The molecule has 0 fully saturated rings. The van der Waals surface area contributed by atoms with Crippen molar-refractivity contribution in [1.82, 2.24) is 0 Å². The van der Waals surface area contributed by atoms with Crippen molar-refractivity contribution in [3.05, 3.63) is 35.4 Å². The van der Waals surface area contributed by atoms with Crippen LogP contribution in [0.1, 0.15) is 38.8 Å². The predicted octanol–water partition coefficient (Wildman–Crippen LogP) is 3.46. The van der Waals surface area contributed by atoms with Gasteiger partial charge in [-0.3, -0.25) is 0 Å². The maximum atomic E-state index is 10.3. The molecule has 0 aliphatic rings. The van der Waals surface area contributed by atoms with Gasteiger partial charge in [-0.15, -0.1) is 0 Å². The lowest BCUT2D eigenvalue weighted by Gasteiger charge is -2.18. The molecule has 0 aliphatic heterocycles. The summed E-state index contributed by atoms with van der Waals surface area (Å²) in [7, 11) is 0. The lowest BCUT2D eigenvalue weighted by molar-refractivity contribution is 0.522. The van der Waals surface area contributed by atoms with E-state index in [1.54, 1.807) is 6.08 Å². The SMILES string of the molecule is CC(C)Cc1ccc(C(C)(C)N=C=O)cc1. The fraction of sp³-hybridized carbons (Fsp3) is 0.500. The highest BCUT2D eigenvalue weighted by atomic mass is 16.1. The van der Waals surface area contributed by atoms with Crippen LogP contribution in [0.2, 0.25) is 0 Å². The minimum atomic E-state index is -0.474. The number of benzene rings is 1. The fourth-order valence-electron chi connectivity index (χ4n) is 1.70. The minimum Gasteiger partial charge on any atom is -0.211 e. The Morgan fingerprint density at radius 2 is 1.81 bits per heavy atom. The van der Waals surface area contributed by atoms with E-state index in [1.165, 1.54) is 5.56 Å². The van der Waals surface area contributed by atoms with E-state index >= 15 is 0 Å². The first-order chi connectivity index (χ1) is 7.45. The Morgan fingerprint density at radius 1 is 1.25 bits per heavy atom. The minimum absolute atomic E-state index is 0.474. The molecule has 1 rings (SSSR count). The highest BCUT2D eigenvalue weighted by Crippen LogP contribution is 2.24. The van der Waals surface area contributed by atoms with Crippen molar-refractivity contribution >= 4 is 6.08 Å². The van der Waals surface area contributed by atoms with Gasteiger partial charge in [0.05, 0.1) is 5.54 Å². The average molecular weight is 217 g/mol. The van der Waals surface area contributed by atoms with Crippen molar-refractivity contribution < 1.29 is 4.79 Å². The highest BCUT2D eigenvalue weighted by molar-refractivity contribution is 5.38. The fourth-order valence-corrected chi connectivity index (χ4v) is 1.70. The van der Waals surface area contributed by atoms with E-state index in [4.69, 9.17) is 0 Å². The molecule has 0 aromatic heterocycles. The number of nitrogens with zero attached hydrogens (tertiary/aromatic N) is 1. The third kappa shape index (κ3) is 3.32. The largest absolute Gasteiger partial charge is 0.235 e. The Balaban J connectivity index is 2.90. The number of aliphatic imine (C=N–C) groups is 1. The Hall–Kier alpha value is -1.40. The van der Waals surface area contributed by atoms with Crippen molar-refractivity contribution in [2.24, 2.45) is 10.9 Å². The highest BCUT2D eigenvalue weighted by Gasteiger charge is 2.18. The molecule has 2 heteroatoms. The van der Waals surface area contributed by atoms with Gasteiger partial charge in [0.25, 0.3) is 0 Å². The van der Waals surface area contributed by atoms with Gasteiger partial charge in [0.15, 0.2) is 0 Å². The predicted molar refractivity (Wildman–Crippen MR) is 66.1 cm³/mol. The van der Waals surface area contributed by atoms with Crippen molar-refractivity contribution in [2.45, 2.75) is 39.7 Å². The summed E-state index contributed by atoms with van der Waals surface area (Å²) in [5.74, 6) is 0.659. The van der Waals surface area contributed by atoms with Gasteiger partial charge in [-0.2, -0.15) is 4.99 Å². The van der Waals surface area contributed by atoms with Crippen LogP contribution in [0.5, 0.6) is 0 Å². The summed E-state index contributed by atoms with van der Waals surface area (Å²) in [4.78, 5) is 14.1. The molecule has 0 radical (unpaired) electrons. The summed E-state index contributed by atoms with van der Waals surface area (Å²) >= 11 is 0. The van der Waals surface area contributed by atoms with Crippen LogP contribution in [-0.4, -0.2) is 6.08 Å². The Labute approximate surface area is 97.4 Å². The summed E-state index contributed by atoms with van der Waals surface area (Å²) in [6.45, 7) is 8.23. The molecule has 0 saturated heterocycles. The third-order valence-electron chi connectivity index (χ3n) is 2.63. The maximum Gasteiger partial charge on any atom is 0.235 e. The second-order valence-electron chi connectivity index (χ2n) is 5.06. The molecular weight excluding hydrogens is 198 g/mol. The van der Waals surface area contributed by atoms with E-state index in [-0.39, 0.29) is 0 Å². The van der Waals surface area contributed by atoms with E-state index in [9.17, 15) is 4.79 Å². The monoisotopic (exact) mass is 217 g/mol. The molecule has 0 heterocycles. The van der Waals surface area contributed by atoms with E-state index in [1.807, 2.05) is 26.0 Å². The average Bonchev–Trinajstić information content (AvgIpc) is 2.17. The molecule has 0 saturated carbocycles. The van der Waals surface area contributed by atoms with Crippen molar-refractivity contribution in [3.63, 3.8) is 0 Å². The standard InChI is InChI=1S/C14H19NO/c1-11(2)9-12-5-7-13(8-6-12)14(3,4)15-10-16/h5-8,11H,9H2,1-4H3. The van der Waals surface area contributed by atoms with Crippen LogP contribution < -0.4 is 0 Å². The van der Waals surface area contributed by atoms with Gasteiger partial charge >= 0.3 is 0 Å². The second-order valence-corrected chi connectivity index (χ2v) is 5.06. The molecule has 1 aromatic rings. The van der Waals surface area contributed by atoms with Gasteiger partial charge in [0, 0.05) is 0 Å². The molecule has 0 amide bonds. The smallest absolute Gasteiger partial charge is 0.211 e. The summed E-state index contributed by atoms with van der Waals surface area (Å²) in [5, 5.41) is 0. The lowest BCUT2D eigenvalue weighted by atomic mass is 9.93. The zero-order valence-corrected chi connectivity index (χ0v) is 10.4. The molecule has 1 aromatic carbocycles. The first-order valence-electron chi connectivity index (χ1n) is 5.64. The molecule has 0 unspecified atom stereocenters. The molecule has 0 N–H and O–H groups in total. The van der Waals surface area contributed by atoms with E-state index in [2.05, 4.69) is 31.0 Å². The van der Waals surface area contributed by atoms with Gasteiger partial charge in [-0.05, 0) is 37.3 Å². The number of hydrogen-bond donors (Lipinski definition) is 0. The zero-order valence-electron chi connectivity index (χ0n) is 10.4. The Morgan fingerprint density at radius 3 is 2.25 bits per heavy atom. The van der Waals surface area contributed by atoms with Gasteiger partial charge in [0.2, 0.25) is 6.08 Å². The number of rotatable bonds is 4. The molecule has 0 bridgehead atoms. The van der Waals surface area contributed by atoms with Crippen LogP contribution in [0.15, 0.2) is 29.3 Å². The van der Waals surface area contributed by atoms with Crippen LogP contribution in [0.3, 0.4) is 0 Å². The summed E-state index contributed by atoms with van der Waals surface area (Å²) in [6, 6.07) is 8.30. The van der Waals surface area contributed by atoms with Crippen LogP contribution in [0, 0.1) is 5.92 Å². The van der Waals surface area contributed by atoms with Crippen molar-refractivity contribution in [2.75, 3.05) is 0 Å². The Kier molecular flexibility index (Phi) is 4.03. The summed E-state index contributed by atoms with van der Waals surface area (Å²) in [5.41, 5.74) is 1.89. The molecule has 86 valence electrons. The van der Waals surface area contributed by atoms with Crippen molar-refractivity contribution in [1.29, 1.82) is 0 Å².